The SMILES string of the molecule is CC[C@H](C)NC(=O)[C@H]1C[C@H](c2ccccc2)CN(C(=O)c2ccccc2)C1. The Morgan fingerprint density at radius 3 is 2.30 bits per heavy atom. The third-order valence-corrected chi connectivity index (χ3v) is 5.40. The molecule has 2 aromatic carbocycles. The van der Waals surface area contributed by atoms with Crippen LogP contribution in [0, 0.1) is 5.92 Å². The van der Waals surface area contributed by atoms with Crippen LogP contribution in [0.15, 0.2) is 60.7 Å². The highest BCUT2D eigenvalue weighted by Gasteiger charge is 2.35. The average Bonchev–Trinajstić information content (AvgIpc) is 2.74. The van der Waals surface area contributed by atoms with Gasteiger partial charge in [0.05, 0.1) is 5.92 Å². The summed E-state index contributed by atoms with van der Waals surface area (Å²) in [5.41, 5.74) is 1.86. The van der Waals surface area contributed by atoms with Crippen LogP contribution in [0.3, 0.4) is 0 Å². The Balaban J connectivity index is 1.82. The summed E-state index contributed by atoms with van der Waals surface area (Å²) in [6, 6.07) is 19.7. The summed E-state index contributed by atoms with van der Waals surface area (Å²) in [7, 11) is 0. The summed E-state index contributed by atoms with van der Waals surface area (Å²) in [5.74, 6) is 0.0272. The molecule has 1 heterocycles. The molecule has 3 rings (SSSR count). The van der Waals surface area contributed by atoms with Crippen LogP contribution in [-0.2, 0) is 4.79 Å². The predicted molar refractivity (Wildman–Crippen MR) is 108 cm³/mol. The number of amides is 2. The van der Waals surface area contributed by atoms with Crippen LogP contribution < -0.4 is 5.32 Å². The van der Waals surface area contributed by atoms with Crippen molar-refractivity contribution in [1.29, 1.82) is 0 Å². The molecule has 142 valence electrons. The number of nitrogens with one attached hydrogen (secondary N) is 1. The fourth-order valence-corrected chi connectivity index (χ4v) is 3.65. The van der Waals surface area contributed by atoms with Gasteiger partial charge in [-0.25, -0.2) is 0 Å². The minimum Gasteiger partial charge on any atom is -0.353 e. The highest BCUT2D eigenvalue weighted by molar-refractivity contribution is 5.94. The number of benzene rings is 2. The van der Waals surface area contributed by atoms with Gasteiger partial charge >= 0.3 is 0 Å². The number of piperidine rings is 1. The lowest BCUT2D eigenvalue weighted by molar-refractivity contribution is -0.127. The Hall–Kier alpha value is -2.62. The van der Waals surface area contributed by atoms with Crippen LogP contribution >= 0.6 is 0 Å². The van der Waals surface area contributed by atoms with Crippen LogP contribution in [0.2, 0.25) is 0 Å². The van der Waals surface area contributed by atoms with Crippen molar-refractivity contribution >= 4 is 11.8 Å². The second kappa shape index (κ2) is 8.85. The maximum absolute atomic E-state index is 13.0. The van der Waals surface area contributed by atoms with E-state index in [4.69, 9.17) is 0 Å². The molecule has 27 heavy (non-hydrogen) atoms. The number of hydrogen-bond acceptors (Lipinski definition) is 2. The van der Waals surface area contributed by atoms with E-state index in [1.54, 1.807) is 0 Å². The smallest absolute Gasteiger partial charge is 0.253 e. The van der Waals surface area contributed by atoms with E-state index < -0.39 is 0 Å². The van der Waals surface area contributed by atoms with Gasteiger partial charge in [-0.05, 0) is 37.5 Å². The molecule has 0 unspecified atom stereocenters. The van der Waals surface area contributed by atoms with E-state index in [0.29, 0.717) is 18.7 Å². The molecule has 0 radical (unpaired) electrons. The van der Waals surface area contributed by atoms with E-state index in [1.807, 2.05) is 60.4 Å². The lowest BCUT2D eigenvalue weighted by Crippen LogP contribution is -2.49. The summed E-state index contributed by atoms with van der Waals surface area (Å²) < 4.78 is 0. The van der Waals surface area contributed by atoms with Crippen LogP contribution in [-0.4, -0.2) is 35.8 Å². The number of hydrogen-bond donors (Lipinski definition) is 1. The molecule has 0 bridgehead atoms. The number of carbonyl (C=O) groups excluding carboxylic acids is 2. The number of carbonyl (C=O) groups is 2. The molecule has 3 atom stereocenters. The summed E-state index contributed by atoms with van der Waals surface area (Å²) in [6.07, 6.45) is 1.66. The molecule has 1 fully saturated rings. The first-order valence-corrected chi connectivity index (χ1v) is 9.78. The second-order valence-corrected chi connectivity index (χ2v) is 7.43. The van der Waals surface area contributed by atoms with Crippen molar-refractivity contribution in [2.24, 2.45) is 5.92 Å². The molecule has 0 aliphatic carbocycles. The Bertz CT molecular complexity index is 760. The van der Waals surface area contributed by atoms with Gasteiger partial charge in [0.15, 0.2) is 0 Å². The first-order chi connectivity index (χ1) is 13.1. The third kappa shape index (κ3) is 4.76. The Morgan fingerprint density at radius 2 is 1.67 bits per heavy atom. The van der Waals surface area contributed by atoms with Gasteiger partial charge in [0.1, 0.15) is 0 Å². The fourth-order valence-electron chi connectivity index (χ4n) is 3.65. The molecule has 0 spiro atoms. The molecular formula is C23H28N2O2. The standard InChI is InChI=1S/C23H28N2O2/c1-3-17(2)24-22(26)21-14-20(18-10-6-4-7-11-18)15-25(16-21)23(27)19-12-8-5-9-13-19/h4-13,17,20-21H,3,14-16H2,1-2H3,(H,24,26)/t17-,20-,21-/m0/s1. The average molecular weight is 364 g/mol. The highest BCUT2D eigenvalue weighted by Crippen LogP contribution is 2.31. The lowest BCUT2D eigenvalue weighted by atomic mass is 9.83. The molecule has 1 aliphatic heterocycles. The highest BCUT2D eigenvalue weighted by atomic mass is 16.2. The van der Waals surface area contributed by atoms with E-state index >= 15 is 0 Å². The molecule has 0 saturated carbocycles. The molecule has 4 nitrogen and oxygen atoms in total. The molecule has 4 heteroatoms. The maximum atomic E-state index is 13.0. The number of rotatable bonds is 5. The fraction of sp³-hybridized carbons (Fsp3) is 0.391. The Labute approximate surface area is 161 Å². The molecular weight excluding hydrogens is 336 g/mol. The van der Waals surface area contributed by atoms with Crippen molar-refractivity contribution in [3.05, 3.63) is 71.8 Å². The molecule has 1 aliphatic rings. The van der Waals surface area contributed by atoms with Gasteiger partial charge in [-0.3, -0.25) is 9.59 Å². The minimum atomic E-state index is -0.189. The zero-order chi connectivity index (χ0) is 19.2. The van der Waals surface area contributed by atoms with Gasteiger partial charge in [-0.15, -0.1) is 0 Å². The Kier molecular flexibility index (Phi) is 6.28. The summed E-state index contributed by atoms with van der Waals surface area (Å²) in [6.45, 7) is 5.19. The van der Waals surface area contributed by atoms with Crippen molar-refractivity contribution in [2.45, 2.75) is 38.6 Å². The summed E-state index contributed by atoms with van der Waals surface area (Å²) in [4.78, 5) is 27.7. The normalized spacial score (nSPS) is 20.7. The molecule has 1 N–H and O–H groups in total. The lowest BCUT2D eigenvalue weighted by Gasteiger charge is -2.38. The van der Waals surface area contributed by atoms with E-state index in [-0.39, 0.29) is 29.7 Å². The summed E-state index contributed by atoms with van der Waals surface area (Å²) in [5, 5.41) is 3.09. The summed E-state index contributed by atoms with van der Waals surface area (Å²) >= 11 is 0. The molecule has 2 aromatic rings. The topological polar surface area (TPSA) is 49.4 Å². The van der Waals surface area contributed by atoms with Gasteiger partial charge in [-0.1, -0.05) is 55.5 Å². The van der Waals surface area contributed by atoms with Crippen molar-refractivity contribution < 1.29 is 9.59 Å². The van der Waals surface area contributed by atoms with Crippen molar-refractivity contribution in [3.63, 3.8) is 0 Å². The number of nitrogens with zero attached hydrogens (tertiary/aromatic N) is 1. The minimum absolute atomic E-state index is 0.00225. The zero-order valence-corrected chi connectivity index (χ0v) is 16.1. The van der Waals surface area contributed by atoms with Crippen LogP contribution in [0.25, 0.3) is 0 Å². The van der Waals surface area contributed by atoms with Gasteiger partial charge in [0.2, 0.25) is 5.91 Å². The van der Waals surface area contributed by atoms with E-state index in [1.165, 1.54) is 5.56 Å². The first kappa shape index (κ1) is 19.2. The van der Waals surface area contributed by atoms with E-state index in [2.05, 4.69) is 24.4 Å². The van der Waals surface area contributed by atoms with Gasteiger partial charge in [-0.2, -0.15) is 0 Å². The zero-order valence-electron chi connectivity index (χ0n) is 16.1. The van der Waals surface area contributed by atoms with Crippen molar-refractivity contribution in [3.8, 4) is 0 Å². The quantitative estimate of drug-likeness (QED) is 0.876. The van der Waals surface area contributed by atoms with Gasteiger partial charge in [0, 0.05) is 30.6 Å². The van der Waals surface area contributed by atoms with Gasteiger partial charge in [0.25, 0.3) is 5.91 Å². The molecule has 2 amide bonds. The second-order valence-electron chi connectivity index (χ2n) is 7.43. The van der Waals surface area contributed by atoms with Crippen molar-refractivity contribution in [1.82, 2.24) is 10.2 Å². The molecule has 1 saturated heterocycles. The monoisotopic (exact) mass is 364 g/mol. The van der Waals surface area contributed by atoms with Crippen molar-refractivity contribution in [2.75, 3.05) is 13.1 Å². The van der Waals surface area contributed by atoms with Crippen LogP contribution in [0.1, 0.15) is 48.5 Å². The van der Waals surface area contributed by atoms with Crippen LogP contribution in [0.4, 0.5) is 0 Å². The van der Waals surface area contributed by atoms with Gasteiger partial charge < -0.3 is 10.2 Å². The number of likely N-dealkylation sites (tertiary alicyclic amines) is 1. The Morgan fingerprint density at radius 1 is 1.04 bits per heavy atom. The molecule has 0 aromatic heterocycles. The largest absolute Gasteiger partial charge is 0.353 e. The van der Waals surface area contributed by atoms with E-state index in [0.717, 1.165) is 12.8 Å². The maximum Gasteiger partial charge on any atom is 0.253 e. The van der Waals surface area contributed by atoms with E-state index in [9.17, 15) is 9.59 Å². The predicted octanol–water partition coefficient (Wildman–Crippen LogP) is 3.85. The van der Waals surface area contributed by atoms with Crippen LogP contribution in [0.5, 0.6) is 0 Å². The third-order valence-electron chi connectivity index (χ3n) is 5.40. The first-order valence-electron chi connectivity index (χ1n) is 9.78.